The van der Waals surface area contributed by atoms with E-state index < -0.39 is 51.8 Å². The summed E-state index contributed by atoms with van der Waals surface area (Å²) in [7, 11) is 0. The van der Waals surface area contributed by atoms with Gasteiger partial charge in [-0.3, -0.25) is 14.4 Å². The van der Waals surface area contributed by atoms with Crippen LogP contribution in [0.15, 0.2) is 29.2 Å². The van der Waals surface area contributed by atoms with Gasteiger partial charge in [-0.25, -0.2) is 8.78 Å². The quantitative estimate of drug-likeness (QED) is 0.676. The number of aliphatic hydroxyl groups is 1. The Morgan fingerprint density at radius 3 is 2.77 bits per heavy atom. The maximum absolute atomic E-state index is 13.8. The van der Waals surface area contributed by atoms with E-state index in [0.29, 0.717) is 25.5 Å². The van der Waals surface area contributed by atoms with E-state index in [2.05, 4.69) is 5.32 Å². The predicted octanol–water partition coefficient (Wildman–Crippen LogP) is 1.30. The fraction of sp³-hybridized carbons (Fsp3) is 0.381. The standard InChI is InChI=1S/C21H21F2N3O5/c1-21(31)5-2-6-25-10-15(21)26-9-13(17(27)18(28)16(26)20(25)30)19(29)24-8-11-3-4-12(22)7-14(11)23/h3-4,7,9,15,28,31H,2,5-6,8,10H2,1H3,(H,24,29)/t15-,21+/m1/s1. The zero-order valence-electron chi connectivity index (χ0n) is 16.7. The molecule has 0 saturated carbocycles. The van der Waals surface area contributed by atoms with Crippen molar-refractivity contribution in [2.45, 2.75) is 38.0 Å². The molecule has 0 aliphatic carbocycles. The summed E-state index contributed by atoms with van der Waals surface area (Å²) < 4.78 is 28.1. The Labute approximate surface area is 175 Å². The molecule has 164 valence electrons. The molecule has 0 spiro atoms. The van der Waals surface area contributed by atoms with Gasteiger partial charge in [0.15, 0.2) is 11.4 Å². The summed E-state index contributed by atoms with van der Waals surface area (Å²) in [5.74, 6) is -3.95. The third kappa shape index (κ3) is 3.56. The van der Waals surface area contributed by atoms with E-state index >= 15 is 0 Å². The van der Waals surface area contributed by atoms with Gasteiger partial charge in [-0.05, 0) is 25.8 Å². The molecule has 2 aromatic rings. The molecule has 3 heterocycles. The van der Waals surface area contributed by atoms with Gasteiger partial charge in [0.1, 0.15) is 17.2 Å². The number of aromatic nitrogens is 1. The van der Waals surface area contributed by atoms with Crippen molar-refractivity contribution in [3.05, 3.63) is 63.1 Å². The molecule has 10 heteroatoms. The molecule has 2 bridgehead atoms. The lowest BCUT2D eigenvalue weighted by Gasteiger charge is -2.40. The number of aromatic hydroxyl groups is 1. The number of fused-ring (bicyclic) bond motifs is 4. The fourth-order valence-electron chi connectivity index (χ4n) is 4.19. The molecule has 1 saturated heterocycles. The maximum atomic E-state index is 13.8. The third-order valence-electron chi connectivity index (χ3n) is 5.96. The van der Waals surface area contributed by atoms with Crippen molar-refractivity contribution < 1.29 is 28.6 Å². The van der Waals surface area contributed by atoms with Gasteiger partial charge in [-0.2, -0.15) is 0 Å². The number of halogens is 2. The van der Waals surface area contributed by atoms with Gasteiger partial charge < -0.3 is 25.0 Å². The zero-order chi connectivity index (χ0) is 22.5. The van der Waals surface area contributed by atoms with E-state index in [-0.39, 0.29) is 24.3 Å². The molecule has 2 aliphatic rings. The van der Waals surface area contributed by atoms with Gasteiger partial charge in [0.2, 0.25) is 5.43 Å². The minimum atomic E-state index is -1.24. The van der Waals surface area contributed by atoms with Crippen LogP contribution in [-0.2, 0) is 6.54 Å². The van der Waals surface area contributed by atoms with Crippen LogP contribution >= 0.6 is 0 Å². The number of hydrogen-bond acceptors (Lipinski definition) is 5. The van der Waals surface area contributed by atoms with Crippen LogP contribution in [0.2, 0.25) is 0 Å². The van der Waals surface area contributed by atoms with Crippen molar-refractivity contribution in [3.63, 3.8) is 0 Å². The zero-order valence-corrected chi connectivity index (χ0v) is 16.7. The minimum Gasteiger partial charge on any atom is -0.503 e. The predicted molar refractivity (Wildman–Crippen MR) is 105 cm³/mol. The molecule has 2 amide bonds. The monoisotopic (exact) mass is 433 g/mol. The summed E-state index contributed by atoms with van der Waals surface area (Å²) in [6.45, 7) is 1.83. The summed E-state index contributed by atoms with van der Waals surface area (Å²) in [6.07, 6.45) is 2.08. The smallest absolute Gasteiger partial charge is 0.274 e. The number of carbonyl (C=O) groups is 2. The van der Waals surface area contributed by atoms with Crippen molar-refractivity contribution in [1.29, 1.82) is 0 Å². The first kappa shape index (κ1) is 21.0. The van der Waals surface area contributed by atoms with Gasteiger partial charge in [0.05, 0.1) is 11.6 Å². The molecule has 2 atom stereocenters. The average Bonchev–Trinajstić information content (AvgIpc) is 2.84. The Morgan fingerprint density at radius 1 is 1.32 bits per heavy atom. The highest BCUT2D eigenvalue weighted by atomic mass is 19.1. The van der Waals surface area contributed by atoms with Crippen LogP contribution < -0.4 is 10.7 Å². The second-order valence-corrected chi connectivity index (χ2v) is 8.12. The number of pyridine rings is 1. The van der Waals surface area contributed by atoms with Crippen LogP contribution in [0.1, 0.15) is 52.2 Å². The van der Waals surface area contributed by atoms with Crippen LogP contribution in [-0.4, -0.2) is 50.2 Å². The summed E-state index contributed by atoms with van der Waals surface area (Å²) in [5.41, 5.74) is -3.00. The Kier molecular flexibility index (Phi) is 5.04. The molecule has 1 fully saturated rings. The van der Waals surface area contributed by atoms with Crippen LogP contribution in [0.3, 0.4) is 0 Å². The SMILES string of the molecule is C[C@]1(O)CCCN2C[C@H]1n1cc(C(=O)NCc3ccc(F)cc3F)c(=O)c(O)c1C2=O. The first-order chi connectivity index (χ1) is 14.6. The fourth-order valence-corrected chi connectivity index (χ4v) is 4.19. The number of benzene rings is 1. The van der Waals surface area contributed by atoms with Crippen LogP contribution in [0.5, 0.6) is 5.75 Å². The number of amides is 2. The lowest BCUT2D eigenvalue weighted by Crippen LogP contribution is -2.49. The summed E-state index contributed by atoms with van der Waals surface area (Å²) >= 11 is 0. The Balaban J connectivity index is 1.71. The molecule has 2 aliphatic heterocycles. The molecule has 0 unspecified atom stereocenters. The van der Waals surface area contributed by atoms with E-state index in [0.717, 1.165) is 18.3 Å². The molecule has 3 N–H and O–H groups in total. The van der Waals surface area contributed by atoms with Crippen LogP contribution in [0.25, 0.3) is 0 Å². The van der Waals surface area contributed by atoms with Gasteiger partial charge in [-0.15, -0.1) is 0 Å². The second-order valence-electron chi connectivity index (χ2n) is 8.12. The normalized spacial score (nSPS) is 22.6. The first-order valence-corrected chi connectivity index (χ1v) is 9.82. The van der Waals surface area contributed by atoms with Gasteiger partial charge >= 0.3 is 0 Å². The van der Waals surface area contributed by atoms with Gasteiger partial charge in [-0.1, -0.05) is 6.07 Å². The van der Waals surface area contributed by atoms with E-state index in [9.17, 15) is 33.4 Å². The number of rotatable bonds is 3. The topological polar surface area (TPSA) is 112 Å². The van der Waals surface area contributed by atoms with Gasteiger partial charge in [0.25, 0.3) is 11.8 Å². The molecular weight excluding hydrogens is 412 g/mol. The number of nitrogens with zero attached hydrogens (tertiary/aromatic N) is 2. The molecular formula is C21H21F2N3O5. The maximum Gasteiger partial charge on any atom is 0.274 e. The Bertz CT molecular complexity index is 1140. The third-order valence-corrected chi connectivity index (χ3v) is 5.96. The van der Waals surface area contributed by atoms with Crippen molar-refractivity contribution >= 4 is 11.8 Å². The largest absolute Gasteiger partial charge is 0.503 e. The molecule has 4 rings (SSSR count). The molecule has 1 aromatic heterocycles. The van der Waals surface area contributed by atoms with Crippen molar-refractivity contribution in [2.24, 2.45) is 0 Å². The van der Waals surface area contributed by atoms with Crippen molar-refractivity contribution in [3.8, 4) is 5.75 Å². The lowest BCUT2D eigenvalue weighted by molar-refractivity contribution is -0.00799. The van der Waals surface area contributed by atoms with E-state index in [1.54, 1.807) is 6.92 Å². The van der Waals surface area contributed by atoms with E-state index in [1.807, 2.05) is 0 Å². The van der Waals surface area contributed by atoms with Gasteiger partial charge in [0, 0.05) is 37.5 Å². The summed E-state index contributed by atoms with van der Waals surface area (Å²) in [5, 5.41) is 23.7. The van der Waals surface area contributed by atoms with Crippen LogP contribution in [0.4, 0.5) is 8.78 Å². The Morgan fingerprint density at radius 2 is 2.06 bits per heavy atom. The summed E-state index contributed by atoms with van der Waals surface area (Å²) in [6, 6.07) is 2.20. The second kappa shape index (κ2) is 7.45. The average molecular weight is 433 g/mol. The number of carbonyl (C=O) groups excluding carboxylic acids is 2. The highest BCUT2D eigenvalue weighted by Gasteiger charge is 2.44. The molecule has 0 radical (unpaired) electrons. The van der Waals surface area contributed by atoms with Crippen molar-refractivity contribution in [2.75, 3.05) is 13.1 Å². The first-order valence-electron chi connectivity index (χ1n) is 9.82. The highest BCUT2D eigenvalue weighted by molar-refractivity contribution is 5.99. The number of nitrogens with one attached hydrogen (secondary N) is 1. The molecule has 8 nitrogen and oxygen atoms in total. The lowest BCUT2D eigenvalue weighted by atomic mass is 9.90. The molecule has 1 aromatic carbocycles. The Hall–Kier alpha value is -3.27. The van der Waals surface area contributed by atoms with E-state index in [1.165, 1.54) is 9.47 Å². The highest BCUT2D eigenvalue weighted by Crippen LogP contribution is 2.37. The molecule has 31 heavy (non-hydrogen) atoms. The van der Waals surface area contributed by atoms with Crippen LogP contribution in [0, 0.1) is 11.6 Å². The minimum absolute atomic E-state index is 0.00885. The van der Waals surface area contributed by atoms with E-state index in [4.69, 9.17) is 0 Å². The summed E-state index contributed by atoms with van der Waals surface area (Å²) in [4.78, 5) is 39.5. The van der Waals surface area contributed by atoms with Crippen molar-refractivity contribution in [1.82, 2.24) is 14.8 Å². The number of hydrogen-bond donors (Lipinski definition) is 3.